The highest BCUT2D eigenvalue weighted by molar-refractivity contribution is 7.17. The summed E-state index contributed by atoms with van der Waals surface area (Å²) in [4.78, 5) is 29.5. The van der Waals surface area contributed by atoms with Crippen LogP contribution < -0.4 is 5.56 Å². The molecule has 2 heterocycles. The number of nitrogens with zero attached hydrogens (tertiary/aromatic N) is 2. The zero-order valence-electron chi connectivity index (χ0n) is 12.9. The third-order valence-electron chi connectivity index (χ3n) is 3.53. The topological polar surface area (TPSA) is 61.2 Å². The standard InChI is InChI=1S/C17H16N2O3S/c1-3-22-17(21)13-9-23-15-14(13)16(20)19(10-18-15)8-12-6-4-11(2)5-7-12/h4-7,9-10H,3,8H2,1-2H3. The van der Waals surface area contributed by atoms with Gasteiger partial charge in [-0.15, -0.1) is 11.3 Å². The van der Waals surface area contributed by atoms with Gasteiger partial charge in [0, 0.05) is 5.38 Å². The first-order chi connectivity index (χ1) is 11.1. The second kappa shape index (κ2) is 6.34. The molecular weight excluding hydrogens is 312 g/mol. The van der Waals surface area contributed by atoms with Gasteiger partial charge in [0.05, 0.1) is 30.4 Å². The maximum absolute atomic E-state index is 12.7. The third kappa shape index (κ3) is 3.03. The van der Waals surface area contributed by atoms with E-state index < -0.39 is 5.97 Å². The van der Waals surface area contributed by atoms with E-state index in [2.05, 4.69) is 4.98 Å². The minimum atomic E-state index is -0.481. The number of ether oxygens (including phenoxy) is 1. The summed E-state index contributed by atoms with van der Waals surface area (Å²) in [5, 5.41) is 1.97. The van der Waals surface area contributed by atoms with Crippen molar-refractivity contribution in [1.29, 1.82) is 0 Å². The highest BCUT2D eigenvalue weighted by Gasteiger charge is 2.18. The molecule has 6 heteroatoms. The van der Waals surface area contributed by atoms with Crippen molar-refractivity contribution in [2.45, 2.75) is 20.4 Å². The fraction of sp³-hybridized carbons (Fsp3) is 0.235. The van der Waals surface area contributed by atoms with E-state index in [0.29, 0.717) is 22.3 Å². The molecule has 23 heavy (non-hydrogen) atoms. The number of fused-ring (bicyclic) bond motifs is 1. The smallest absolute Gasteiger partial charge is 0.339 e. The number of rotatable bonds is 4. The summed E-state index contributed by atoms with van der Waals surface area (Å²) < 4.78 is 6.53. The maximum atomic E-state index is 12.7. The maximum Gasteiger partial charge on any atom is 0.339 e. The number of aromatic nitrogens is 2. The molecule has 0 radical (unpaired) electrons. The Hall–Kier alpha value is -2.47. The lowest BCUT2D eigenvalue weighted by atomic mass is 10.1. The summed E-state index contributed by atoms with van der Waals surface area (Å²) in [5.74, 6) is -0.481. The SMILES string of the molecule is CCOC(=O)c1csc2ncn(Cc3ccc(C)cc3)c(=O)c12. The quantitative estimate of drug-likeness (QED) is 0.691. The monoisotopic (exact) mass is 328 g/mol. The van der Waals surface area contributed by atoms with Crippen LogP contribution in [0.2, 0.25) is 0 Å². The fourth-order valence-electron chi connectivity index (χ4n) is 2.33. The zero-order valence-corrected chi connectivity index (χ0v) is 13.7. The molecule has 1 aromatic carbocycles. The number of benzene rings is 1. The molecule has 0 aliphatic rings. The number of hydrogen-bond donors (Lipinski definition) is 0. The van der Waals surface area contributed by atoms with Gasteiger partial charge in [-0.1, -0.05) is 29.8 Å². The number of aryl methyl sites for hydroxylation is 1. The molecule has 3 aromatic rings. The molecule has 0 bridgehead atoms. The van der Waals surface area contributed by atoms with E-state index in [9.17, 15) is 9.59 Å². The lowest BCUT2D eigenvalue weighted by Gasteiger charge is -2.06. The van der Waals surface area contributed by atoms with Crippen molar-refractivity contribution in [3.05, 3.63) is 63.0 Å². The van der Waals surface area contributed by atoms with Crippen molar-refractivity contribution in [3.8, 4) is 0 Å². The second-order valence-corrected chi connectivity index (χ2v) is 6.07. The van der Waals surface area contributed by atoms with Crippen LogP contribution in [0.3, 0.4) is 0 Å². The van der Waals surface area contributed by atoms with Gasteiger partial charge in [-0.2, -0.15) is 0 Å². The zero-order chi connectivity index (χ0) is 16.4. The minimum Gasteiger partial charge on any atom is -0.462 e. The van der Waals surface area contributed by atoms with Gasteiger partial charge in [0.25, 0.3) is 5.56 Å². The van der Waals surface area contributed by atoms with E-state index in [0.717, 1.165) is 11.1 Å². The van der Waals surface area contributed by atoms with Gasteiger partial charge in [-0.05, 0) is 19.4 Å². The van der Waals surface area contributed by atoms with Crippen LogP contribution in [0.5, 0.6) is 0 Å². The highest BCUT2D eigenvalue weighted by atomic mass is 32.1. The van der Waals surface area contributed by atoms with Crippen LogP contribution in [-0.2, 0) is 11.3 Å². The first-order valence-corrected chi connectivity index (χ1v) is 8.17. The van der Waals surface area contributed by atoms with Crippen LogP contribution in [0.1, 0.15) is 28.4 Å². The van der Waals surface area contributed by atoms with Gasteiger partial charge in [0.1, 0.15) is 4.83 Å². The molecule has 0 unspecified atom stereocenters. The Morgan fingerprint density at radius 3 is 2.74 bits per heavy atom. The molecule has 0 N–H and O–H groups in total. The first kappa shape index (κ1) is 15.4. The fourth-order valence-corrected chi connectivity index (χ4v) is 3.20. The third-order valence-corrected chi connectivity index (χ3v) is 4.42. The average Bonchev–Trinajstić information content (AvgIpc) is 2.97. The van der Waals surface area contributed by atoms with Crippen molar-refractivity contribution in [3.63, 3.8) is 0 Å². The Morgan fingerprint density at radius 1 is 1.30 bits per heavy atom. The molecule has 118 valence electrons. The van der Waals surface area contributed by atoms with E-state index in [1.807, 2.05) is 31.2 Å². The molecule has 2 aromatic heterocycles. The lowest BCUT2D eigenvalue weighted by Crippen LogP contribution is -2.22. The predicted molar refractivity (Wildman–Crippen MR) is 90.1 cm³/mol. The molecule has 0 atom stereocenters. The van der Waals surface area contributed by atoms with Gasteiger partial charge in [-0.3, -0.25) is 9.36 Å². The van der Waals surface area contributed by atoms with Crippen LogP contribution in [0, 0.1) is 6.92 Å². The molecule has 0 spiro atoms. The highest BCUT2D eigenvalue weighted by Crippen LogP contribution is 2.21. The van der Waals surface area contributed by atoms with Crippen LogP contribution in [0.25, 0.3) is 10.2 Å². The number of esters is 1. The summed E-state index contributed by atoms with van der Waals surface area (Å²) in [6.45, 7) is 4.44. The van der Waals surface area contributed by atoms with Crippen LogP contribution >= 0.6 is 11.3 Å². The molecule has 0 saturated heterocycles. The van der Waals surface area contributed by atoms with Gasteiger partial charge < -0.3 is 4.74 Å². The summed E-state index contributed by atoms with van der Waals surface area (Å²) in [6.07, 6.45) is 1.52. The largest absolute Gasteiger partial charge is 0.462 e. The molecule has 5 nitrogen and oxygen atoms in total. The molecule has 0 amide bonds. The van der Waals surface area contributed by atoms with E-state index in [1.165, 1.54) is 22.2 Å². The second-order valence-electron chi connectivity index (χ2n) is 5.21. The Bertz CT molecular complexity index is 910. The summed E-state index contributed by atoms with van der Waals surface area (Å²) in [5.41, 5.74) is 2.24. The Kier molecular flexibility index (Phi) is 4.25. The normalized spacial score (nSPS) is 10.9. The molecule has 0 aliphatic heterocycles. The number of thiophene rings is 1. The van der Waals surface area contributed by atoms with E-state index in [-0.39, 0.29) is 12.2 Å². The minimum absolute atomic E-state index is 0.222. The van der Waals surface area contributed by atoms with Crippen molar-refractivity contribution in [1.82, 2.24) is 9.55 Å². The Labute approximate surface area is 137 Å². The van der Waals surface area contributed by atoms with Crippen molar-refractivity contribution in [2.75, 3.05) is 6.61 Å². The summed E-state index contributed by atoms with van der Waals surface area (Å²) in [7, 11) is 0. The number of hydrogen-bond acceptors (Lipinski definition) is 5. The first-order valence-electron chi connectivity index (χ1n) is 7.29. The summed E-state index contributed by atoms with van der Waals surface area (Å²) in [6, 6.07) is 7.96. The van der Waals surface area contributed by atoms with Crippen LogP contribution in [0.15, 0.2) is 40.8 Å². The van der Waals surface area contributed by atoms with Crippen molar-refractivity contribution < 1.29 is 9.53 Å². The molecular formula is C17H16N2O3S. The summed E-state index contributed by atoms with van der Waals surface area (Å²) >= 11 is 1.27. The van der Waals surface area contributed by atoms with E-state index in [1.54, 1.807) is 12.3 Å². The van der Waals surface area contributed by atoms with E-state index in [4.69, 9.17) is 4.74 Å². The number of carbonyl (C=O) groups excluding carboxylic acids is 1. The molecule has 0 fully saturated rings. The molecule has 0 aliphatic carbocycles. The van der Waals surface area contributed by atoms with E-state index >= 15 is 0 Å². The van der Waals surface area contributed by atoms with Gasteiger partial charge >= 0.3 is 5.97 Å². The predicted octanol–water partition coefficient (Wildman–Crippen LogP) is 2.99. The van der Waals surface area contributed by atoms with Crippen molar-refractivity contribution in [2.24, 2.45) is 0 Å². The molecule has 3 rings (SSSR count). The van der Waals surface area contributed by atoms with Gasteiger partial charge in [-0.25, -0.2) is 9.78 Å². The van der Waals surface area contributed by atoms with Gasteiger partial charge in [0.15, 0.2) is 0 Å². The molecule has 0 saturated carbocycles. The number of carbonyl (C=O) groups is 1. The van der Waals surface area contributed by atoms with Crippen LogP contribution in [-0.4, -0.2) is 22.1 Å². The lowest BCUT2D eigenvalue weighted by molar-refractivity contribution is 0.0529. The van der Waals surface area contributed by atoms with Crippen molar-refractivity contribution >= 4 is 27.5 Å². The average molecular weight is 328 g/mol. The van der Waals surface area contributed by atoms with Crippen LogP contribution in [0.4, 0.5) is 0 Å². The Balaban J connectivity index is 2.04. The Morgan fingerprint density at radius 2 is 2.04 bits per heavy atom. The van der Waals surface area contributed by atoms with Gasteiger partial charge in [0.2, 0.25) is 0 Å².